The highest BCUT2D eigenvalue weighted by atomic mass is 35.5. The second-order valence-electron chi connectivity index (χ2n) is 9.33. The fourth-order valence-corrected chi connectivity index (χ4v) is 5.26. The number of hydrogen-bond donors (Lipinski definition) is 0. The van der Waals surface area contributed by atoms with E-state index in [0.29, 0.717) is 23.1 Å². The summed E-state index contributed by atoms with van der Waals surface area (Å²) in [6, 6.07) is 22.4. The number of fused-ring (bicyclic) bond motifs is 1. The first-order valence-electron chi connectivity index (χ1n) is 12.0. The minimum Gasteiger partial charge on any atom is -0.340 e. The maximum atomic E-state index is 13.4. The van der Waals surface area contributed by atoms with Gasteiger partial charge in [-0.3, -0.25) is 9.69 Å². The average molecular weight is 506 g/mol. The Morgan fingerprint density at radius 1 is 0.800 bits per heavy atom. The van der Waals surface area contributed by atoms with Crippen LogP contribution >= 0.6 is 23.2 Å². The molecule has 0 bridgehead atoms. The molecule has 180 valence electrons. The molecule has 6 heteroatoms. The molecule has 1 aromatic heterocycles. The molecule has 0 atom stereocenters. The number of carbonyl (C=O) groups is 1. The SMILES string of the molecule is Cc1c(C)n(Cc2ccccc2)c2ccc(C(=O)N3CCN(Cc4ccc(Cl)c(Cl)c4)CC3)cc12. The van der Waals surface area contributed by atoms with Gasteiger partial charge in [-0.1, -0.05) is 59.6 Å². The Bertz CT molecular complexity index is 1370. The van der Waals surface area contributed by atoms with Crippen LogP contribution in [0.1, 0.15) is 32.7 Å². The van der Waals surface area contributed by atoms with Crippen molar-refractivity contribution in [2.24, 2.45) is 0 Å². The first-order valence-corrected chi connectivity index (χ1v) is 12.8. The second kappa shape index (κ2) is 10.1. The highest BCUT2D eigenvalue weighted by Crippen LogP contribution is 2.28. The second-order valence-corrected chi connectivity index (χ2v) is 10.1. The van der Waals surface area contributed by atoms with Crippen LogP contribution in [0, 0.1) is 13.8 Å². The zero-order valence-corrected chi connectivity index (χ0v) is 21.6. The smallest absolute Gasteiger partial charge is 0.253 e. The number of amides is 1. The molecule has 1 aliphatic heterocycles. The van der Waals surface area contributed by atoms with Crippen molar-refractivity contribution < 1.29 is 4.79 Å². The van der Waals surface area contributed by atoms with Gasteiger partial charge in [-0.15, -0.1) is 0 Å². The van der Waals surface area contributed by atoms with Crippen molar-refractivity contribution in [3.8, 4) is 0 Å². The highest BCUT2D eigenvalue weighted by Gasteiger charge is 2.23. The van der Waals surface area contributed by atoms with E-state index < -0.39 is 0 Å². The van der Waals surface area contributed by atoms with Gasteiger partial charge < -0.3 is 9.47 Å². The van der Waals surface area contributed by atoms with Crippen LogP contribution in [0.5, 0.6) is 0 Å². The van der Waals surface area contributed by atoms with Gasteiger partial charge in [0.1, 0.15) is 0 Å². The van der Waals surface area contributed by atoms with Gasteiger partial charge in [-0.2, -0.15) is 0 Å². The van der Waals surface area contributed by atoms with Gasteiger partial charge in [0.15, 0.2) is 0 Å². The summed E-state index contributed by atoms with van der Waals surface area (Å²) in [6.45, 7) is 9.03. The Morgan fingerprint density at radius 3 is 2.26 bits per heavy atom. The van der Waals surface area contributed by atoms with Crippen molar-refractivity contribution in [2.45, 2.75) is 26.9 Å². The van der Waals surface area contributed by atoms with E-state index in [9.17, 15) is 4.79 Å². The molecule has 0 unspecified atom stereocenters. The molecule has 0 aliphatic carbocycles. The lowest BCUT2D eigenvalue weighted by atomic mass is 10.1. The summed E-state index contributed by atoms with van der Waals surface area (Å²) in [7, 11) is 0. The zero-order chi connectivity index (χ0) is 24.5. The summed E-state index contributed by atoms with van der Waals surface area (Å²) < 4.78 is 2.34. The van der Waals surface area contributed by atoms with E-state index in [2.05, 4.69) is 59.7 Å². The van der Waals surface area contributed by atoms with Gasteiger partial charge in [0, 0.05) is 61.4 Å². The number of hydrogen-bond acceptors (Lipinski definition) is 2. The van der Waals surface area contributed by atoms with E-state index in [-0.39, 0.29) is 5.91 Å². The fourth-order valence-electron chi connectivity index (χ4n) is 4.94. The first kappa shape index (κ1) is 23.9. The predicted molar refractivity (Wildman–Crippen MR) is 145 cm³/mol. The third-order valence-corrected chi connectivity index (χ3v) is 7.86. The van der Waals surface area contributed by atoms with E-state index in [1.165, 1.54) is 22.3 Å². The summed E-state index contributed by atoms with van der Waals surface area (Å²) >= 11 is 12.2. The van der Waals surface area contributed by atoms with E-state index >= 15 is 0 Å². The number of aryl methyl sites for hydroxylation is 1. The maximum Gasteiger partial charge on any atom is 0.253 e. The number of aromatic nitrogens is 1. The molecule has 3 aromatic carbocycles. The van der Waals surface area contributed by atoms with Crippen molar-refractivity contribution >= 4 is 40.0 Å². The molecule has 2 heterocycles. The molecule has 0 radical (unpaired) electrons. The monoisotopic (exact) mass is 505 g/mol. The molecule has 0 saturated carbocycles. The summed E-state index contributed by atoms with van der Waals surface area (Å²) in [5, 5.41) is 2.31. The van der Waals surface area contributed by atoms with Crippen molar-refractivity contribution in [2.75, 3.05) is 26.2 Å². The highest BCUT2D eigenvalue weighted by molar-refractivity contribution is 6.42. The quantitative estimate of drug-likeness (QED) is 0.306. The summed E-state index contributed by atoms with van der Waals surface area (Å²) in [5.74, 6) is 0.106. The molecule has 1 amide bonds. The number of piperazine rings is 1. The van der Waals surface area contributed by atoms with Crippen LogP contribution in [0.3, 0.4) is 0 Å². The van der Waals surface area contributed by atoms with Crippen LogP contribution in [-0.2, 0) is 13.1 Å². The molecule has 5 rings (SSSR count). The largest absolute Gasteiger partial charge is 0.340 e. The van der Waals surface area contributed by atoms with Crippen LogP contribution in [0.25, 0.3) is 10.9 Å². The standard InChI is InChI=1S/C29H29Cl2N3O/c1-20-21(2)34(19-22-6-4-3-5-7-22)28-11-9-24(17-25(20)28)29(35)33-14-12-32(13-15-33)18-23-8-10-26(30)27(31)16-23/h3-11,16-17H,12-15,18-19H2,1-2H3. The molecule has 0 N–H and O–H groups in total. The van der Waals surface area contributed by atoms with Crippen molar-refractivity contribution in [3.63, 3.8) is 0 Å². The lowest BCUT2D eigenvalue weighted by Gasteiger charge is -2.35. The molecule has 35 heavy (non-hydrogen) atoms. The zero-order valence-electron chi connectivity index (χ0n) is 20.1. The minimum absolute atomic E-state index is 0.106. The van der Waals surface area contributed by atoms with E-state index in [0.717, 1.165) is 42.7 Å². The molecular formula is C29H29Cl2N3O. The fraction of sp³-hybridized carbons (Fsp3) is 0.276. The average Bonchev–Trinajstić information content (AvgIpc) is 3.11. The number of benzene rings is 3. The van der Waals surface area contributed by atoms with Gasteiger partial charge in [0.2, 0.25) is 0 Å². The molecule has 0 spiro atoms. The van der Waals surface area contributed by atoms with Gasteiger partial charge in [-0.05, 0) is 60.9 Å². The Balaban J connectivity index is 1.28. The summed E-state index contributed by atoms with van der Waals surface area (Å²) in [6.07, 6.45) is 0. The molecule has 4 aromatic rings. The van der Waals surface area contributed by atoms with Crippen LogP contribution in [0.15, 0.2) is 66.7 Å². The molecule has 4 nitrogen and oxygen atoms in total. The lowest BCUT2D eigenvalue weighted by Crippen LogP contribution is -2.48. The van der Waals surface area contributed by atoms with Crippen molar-refractivity contribution in [1.82, 2.24) is 14.4 Å². The normalized spacial score (nSPS) is 14.6. The Kier molecular flexibility index (Phi) is 6.88. The number of halogens is 2. The molecule has 1 aliphatic rings. The summed E-state index contributed by atoms with van der Waals surface area (Å²) in [4.78, 5) is 17.7. The Labute approximate surface area is 216 Å². The lowest BCUT2D eigenvalue weighted by molar-refractivity contribution is 0.0628. The molecule has 1 fully saturated rings. The van der Waals surface area contributed by atoms with Gasteiger partial charge in [-0.25, -0.2) is 0 Å². The molecular weight excluding hydrogens is 477 g/mol. The van der Waals surface area contributed by atoms with Crippen LogP contribution in [-0.4, -0.2) is 46.5 Å². The van der Waals surface area contributed by atoms with E-state index in [4.69, 9.17) is 23.2 Å². The Hall–Kier alpha value is -2.79. The van der Waals surface area contributed by atoms with Crippen molar-refractivity contribution in [1.29, 1.82) is 0 Å². The first-order chi connectivity index (χ1) is 16.9. The third-order valence-electron chi connectivity index (χ3n) is 7.12. The minimum atomic E-state index is 0.106. The van der Waals surface area contributed by atoms with Crippen LogP contribution in [0.2, 0.25) is 10.0 Å². The topological polar surface area (TPSA) is 28.5 Å². The maximum absolute atomic E-state index is 13.4. The van der Waals surface area contributed by atoms with Gasteiger partial charge in [0.05, 0.1) is 10.0 Å². The van der Waals surface area contributed by atoms with E-state index in [1.54, 1.807) is 0 Å². The van der Waals surface area contributed by atoms with Gasteiger partial charge in [0.25, 0.3) is 5.91 Å². The van der Waals surface area contributed by atoms with Gasteiger partial charge >= 0.3 is 0 Å². The third kappa shape index (κ3) is 4.97. The van der Waals surface area contributed by atoms with Crippen LogP contribution < -0.4 is 0 Å². The van der Waals surface area contributed by atoms with Crippen molar-refractivity contribution in [3.05, 3.63) is 105 Å². The number of nitrogens with zero attached hydrogens (tertiary/aromatic N) is 3. The molecule has 1 saturated heterocycles. The number of rotatable bonds is 5. The van der Waals surface area contributed by atoms with E-state index in [1.807, 2.05) is 35.2 Å². The summed E-state index contributed by atoms with van der Waals surface area (Å²) in [5.41, 5.74) is 6.81. The number of carbonyl (C=O) groups excluding carboxylic acids is 1. The van der Waals surface area contributed by atoms with Crippen LogP contribution in [0.4, 0.5) is 0 Å². The predicted octanol–water partition coefficient (Wildman–Crippen LogP) is 6.57. The Morgan fingerprint density at radius 2 is 1.54 bits per heavy atom.